The standard InChI is InChI=1S/C15H17F3N2/c1-14(2,15(16,17)18)8-6-12-11-5-4-10-20(3)13(11)7-9-19-12/h7,9H,4-5,10H2,1-3H3. The van der Waals surface area contributed by atoms with Crippen LogP contribution in [-0.2, 0) is 6.42 Å². The Balaban J connectivity index is 2.40. The molecule has 0 atom stereocenters. The van der Waals surface area contributed by atoms with Gasteiger partial charge in [0.15, 0.2) is 0 Å². The van der Waals surface area contributed by atoms with E-state index in [1.54, 1.807) is 6.20 Å². The molecule has 1 aromatic heterocycles. The van der Waals surface area contributed by atoms with Crippen molar-refractivity contribution in [1.29, 1.82) is 0 Å². The monoisotopic (exact) mass is 282 g/mol. The number of nitrogens with zero attached hydrogens (tertiary/aromatic N) is 2. The van der Waals surface area contributed by atoms with Crippen LogP contribution in [0, 0.1) is 17.3 Å². The molecule has 20 heavy (non-hydrogen) atoms. The quantitative estimate of drug-likeness (QED) is 0.678. The molecule has 0 unspecified atom stereocenters. The van der Waals surface area contributed by atoms with Crippen molar-refractivity contribution in [2.75, 3.05) is 18.5 Å². The first-order valence-electron chi connectivity index (χ1n) is 6.51. The lowest BCUT2D eigenvalue weighted by Crippen LogP contribution is -2.30. The third kappa shape index (κ3) is 2.74. The molecule has 0 fully saturated rings. The second-order valence-electron chi connectivity index (χ2n) is 5.56. The molecular weight excluding hydrogens is 265 g/mol. The van der Waals surface area contributed by atoms with Gasteiger partial charge in [-0.3, -0.25) is 0 Å². The maximum absolute atomic E-state index is 12.8. The molecular formula is C15H17F3N2. The lowest BCUT2D eigenvalue weighted by molar-refractivity contribution is -0.190. The Kier molecular flexibility index (Phi) is 3.68. The topological polar surface area (TPSA) is 16.1 Å². The molecule has 2 heterocycles. The van der Waals surface area contributed by atoms with Gasteiger partial charge in [-0.2, -0.15) is 13.2 Å². The first-order valence-corrected chi connectivity index (χ1v) is 6.51. The highest BCUT2D eigenvalue weighted by Gasteiger charge is 2.46. The zero-order valence-electron chi connectivity index (χ0n) is 11.8. The van der Waals surface area contributed by atoms with Crippen LogP contribution in [0.25, 0.3) is 0 Å². The van der Waals surface area contributed by atoms with E-state index in [-0.39, 0.29) is 0 Å². The van der Waals surface area contributed by atoms with E-state index in [1.807, 2.05) is 13.1 Å². The van der Waals surface area contributed by atoms with Crippen LogP contribution in [0.4, 0.5) is 18.9 Å². The summed E-state index contributed by atoms with van der Waals surface area (Å²) in [6.07, 6.45) is -0.965. The molecule has 0 bridgehead atoms. The minimum absolute atomic E-state index is 0.464. The van der Waals surface area contributed by atoms with Crippen LogP contribution in [0.1, 0.15) is 31.5 Å². The van der Waals surface area contributed by atoms with E-state index in [1.165, 1.54) is 0 Å². The molecule has 0 amide bonds. The van der Waals surface area contributed by atoms with Crippen molar-refractivity contribution in [1.82, 2.24) is 4.98 Å². The molecule has 0 aromatic carbocycles. The Morgan fingerprint density at radius 1 is 1.30 bits per heavy atom. The summed E-state index contributed by atoms with van der Waals surface area (Å²) in [5.41, 5.74) is 0.399. The number of rotatable bonds is 0. The van der Waals surface area contributed by atoms with Crippen LogP contribution in [0.2, 0.25) is 0 Å². The number of fused-ring (bicyclic) bond motifs is 1. The van der Waals surface area contributed by atoms with Crippen molar-refractivity contribution < 1.29 is 13.2 Å². The largest absolute Gasteiger partial charge is 0.404 e. The maximum Gasteiger partial charge on any atom is 0.404 e. The predicted octanol–water partition coefficient (Wildman–Crippen LogP) is 3.40. The molecule has 108 valence electrons. The van der Waals surface area contributed by atoms with Crippen molar-refractivity contribution in [3.05, 3.63) is 23.5 Å². The van der Waals surface area contributed by atoms with Crippen LogP contribution >= 0.6 is 0 Å². The van der Waals surface area contributed by atoms with Crippen LogP contribution in [0.3, 0.4) is 0 Å². The third-order valence-electron chi connectivity index (χ3n) is 3.56. The van der Waals surface area contributed by atoms with Crippen LogP contribution in [0.5, 0.6) is 0 Å². The Labute approximate surface area is 117 Å². The second kappa shape index (κ2) is 5.01. The Hall–Kier alpha value is -1.70. The molecule has 0 radical (unpaired) electrons. The molecule has 5 heteroatoms. The van der Waals surface area contributed by atoms with E-state index in [9.17, 15) is 13.2 Å². The number of hydrogen-bond acceptors (Lipinski definition) is 2. The van der Waals surface area contributed by atoms with Crippen molar-refractivity contribution in [2.24, 2.45) is 5.41 Å². The zero-order chi connectivity index (χ0) is 15.0. The highest BCUT2D eigenvalue weighted by atomic mass is 19.4. The summed E-state index contributed by atoms with van der Waals surface area (Å²) in [4.78, 5) is 6.23. The van der Waals surface area contributed by atoms with E-state index in [0.29, 0.717) is 5.69 Å². The van der Waals surface area contributed by atoms with Gasteiger partial charge < -0.3 is 4.90 Å². The molecule has 0 saturated carbocycles. The van der Waals surface area contributed by atoms with Gasteiger partial charge in [-0.1, -0.05) is 5.92 Å². The number of alkyl halides is 3. The normalized spacial score (nSPS) is 15.4. The minimum Gasteiger partial charge on any atom is -0.374 e. The van der Waals surface area contributed by atoms with Crippen molar-refractivity contribution in [3.63, 3.8) is 0 Å². The highest BCUT2D eigenvalue weighted by Crippen LogP contribution is 2.37. The van der Waals surface area contributed by atoms with E-state index < -0.39 is 11.6 Å². The average molecular weight is 282 g/mol. The van der Waals surface area contributed by atoms with Gasteiger partial charge in [0.25, 0.3) is 0 Å². The van der Waals surface area contributed by atoms with Gasteiger partial charge in [0.05, 0.1) is 0 Å². The van der Waals surface area contributed by atoms with E-state index in [4.69, 9.17) is 0 Å². The van der Waals surface area contributed by atoms with Crippen LogP contribution < -0.4 is 4.90 Å². The fraction of sp³-hybridized carbons (Fsp3) is 0.533. The van der Waals surface area contributed by atoms with E-state index in [2.05, 4.69) is 21.7 Å². The summed E-state index contributed by atoms with van der Waals surface area (Å²) in [6.45, 7) is 3.11. The summed E-state index contributed by atoms with van der Waals surface area (Å²) in [7, 11) is 1.97. The number of halogens is 3. The van der Waals surface area contributed by atoms with Gasteiger partial charge in [0, 0.05) is 31.0 Å². The average Bonchev–Trinajstić information content (AvgIpc) is 2.35. The molecule has 0 spiro atoms. The summed E-state index contributed by atoms with van der Waals surface area (Å²) in [6, 6.07) is 1.88. The van der Waals surface area contributed by atoms with E-state index >= 15 is 0 Å². The number of anilines is 1. The SMILES string of the molecule is CN1CCCc2c1ccnc2C#CC(C)(C)C(F)(F)F. The summed E-state index contributed by atoms with van der Waals surface area (Å²) in [5, 5.41) is 0. The van der Waals surface area contributed by atoms with Gasteiger partial charge in [-0.05, 0) is 38.7 Å². The summed E-state index contributed by atoms with van der Waals surface area (Å²) in [5.74, 6) is 4.96. The van der Waals surface area contributed by atoms with Crippen LogP contribution in [-0.4, -0.2) is 24.8 Å². The third-order valence-corrected chi connectivity index (χ3v) is 3.56. The van der Waals surface area contributed by atoms with Gasteiger partial charge in [-0.25, -0.2) is 4.98 Å². The first kappa shape index (κ1) is 14.7. The lowest BCUT2D eigenvalue weighted by atomic mass is 9.93. The summed E-state index contributed by atoms with van der Waals surface area (Å²) >= 11 is 0. The lowest BCUT2D eigenvalue weighted by Gasteiger charge is -2.27. The number of pyridine rings is 1. The minimum atomic E-state index is -4.34. The molecule has 0 N–H and O–H groups in total. The maximum atomic E-state index is 12.8. The van der Waals surface area contributed by atoms with Crippen LogP contribution in [0.15, 0.2) is 12.3 Å². The van der Waals surface area contributed by atoms with Gasteiger partial charge in [0.2, 0.25) is 0 Å². The molecule has 1 aliphatic heterocycles. The zero-order valence-corrected chi connectivity index (χ0v) is 11.8. The number of aromatic nitrogens is 1. The van der Waals surface area contributed by atoms with Gasteiger partial charge >= 0.3 is 6.18 Å². The van der Waals surface area contributed by atoms with Crippen molar-refractivity contribution in [2.45, 2.75) is 32.9 Å². The van der Waals surface area contributed by atoms with Gasteiger partial charge in [-0.15, -0.1) is 0 Å². The number of hydrogen-bond donors (Lipinski definition) is 0. The second-order valence-corrected chi connectivity index (χ2v) is 5.56. The van der Waals surface area contributed by atoms with Crippen molar-refractivity contribution in [3.8, 4) is 11.8 Å². The Morgan fingerprint density at radius 3 is 2.65 bits per heavy atom. The predicted molar refractivity (Wildman–Crippen MR) is 72.5 cm³/mol. The fourth-order valence-corrected chi connectivity index (χ4v) is 2.09. The Morgan fingerprint density at radius 2 is 2.00 bits per heavy atom. The molecule has 1 aliphatic rings. The van der Waals surface area contributed by atoms with Crippen molar-refractivity contribution >= 4 is 5.69 Å². The van der Waals surface area contributed by atoms with E-state index in [0.717, 1.165) is 44.5 Å². The first-order chi connectivity index (χ1) is 9.22. The molecule has 2 nitrogen and oxygen atoms in total. The molecule has 1 aromatic rings. The molecule has 0 aliphatic carbocycles. The fourth-order valence-electron chi connectivity index (χ4n) is 2.09. The smallest absolute Gasteiger partial charge is 0.374 e. The summed E-state index contributed by atoms with van der Waals surface area (Å²) < 4.78 is 38.4. The Bertz CT molecular complexity index is 565. The molecule has 0 saturated heterocycles. The highest BCUT2D eigenvalue weighted by molar-refractivity contribution is 5.59. The molecule has 2 rings (SSSR count). The van der Waals surface area contributed by atoms with Gasteiger partial charge in [0.1, 0.15) is 11.1 Å².